The van der Waals surface area contributed by atoms with Gasteiger partial charge in [0, 0.05) is 16.7 Å². The normalized spacial score (nSPS) is 15.3. The van der Waals surface area contributed by atoms with Gasteiger partial charge in [-0.2, -0.15) is 13.2 Å². The number of hydrogen-bond donors (Lipinski definition) is 1. The molecule has 0 spiro atoms. The second kappa shape index (κ2) is 8.76. The van der Waals surface area contributed by atoms with Gasteiger partial charge < -0.3 is 24.9 Å². The van der Waals surface area contributed by atoms with Crippen LogP contribution >= 0.6 is 0 Å². The lowest BCUT2D eigenvalue weighted by molar-refractivity contribution is -0.389. The van der Waals surface area contributed by atoms with Gasteiger partial charge in [0.2, 0.25) is 0 Å². The first-order valence-corrected chi connectivity index (χ1v) is 9.59. The summed E-state index contributed by atoms with van der Waals surface area (Å²) in [6.45, 7) is 0.0855. The molecule has 172 valence electrons. The van der Waals surface area contributed by atoms with E-state index < -0.39 is 28.7 Å². The van der Waals surface area contributed by atoms with Gasteiger partial charge in [-0.15, -0.1) is 0 Å². The molecule has 0 bridgehead atoms. The van der Waals surface area contributed by atoms with Crippen molar-refractivity contribution < 1.29 is 32.4 Å². The van der Waals surface area contributed by atoms with Crippen LogP contribution in [0.3, 0.4) is 0 Å². The monoisotopic (exact) mass is 463 g/mol. The zero-order valence-corrected chi connectivity index (χ0v) is 16.8. The second-order valence-electron chi connectivity index (χ2n) is 7.11. The fraction of sp³-hybridized carbons (Fsp3) is 0.250. The molecule has 1 aliphatic heterocycles. The van der Waals surface area contributed by atoms with E-state index in [9.17, 15) is 28.1 Å². The molecule has 1 N–H and O–H groups in total. The summed E-state index contributed by atoms with van der Waals surface area (Å²) < 4.78 is 50.1. The number of carbonyl (C=O) groups excluding carboxylic acids is 1. The Balaban J connectivity index is 1.28. The largest absolute Gasteiger partial charge is 0.484 e. The molecule has 0 saturated carbocycles. The number of amides is 1. The molecule has 0 radical (unpaired) electrons. The van der Waals surface area contributed by atoms with Crippen molar-refractivity contribution in [1.29, 1.82) is 0 Å². The van der Waals surface area contributed by atoms with E-state index in [1.54, 1.807) is 24.3 Å². The predicted octanol–water partition coefficient (Wildman–Crippen LogP) is 2.83. The Morgan fingerprint density at radius 1 is 1.24 bits per heavy atom. The van der Waals surface area contributed by atoms with Crippen LogP contribution in [0.25, 0.3) is 11.1 Å². The third kappa shape index (κ3) is 5.19. The first-order chi connectivity index (χ1) is 15.7. The van der Waals surface area contributed by atoms with Crippen LogP contribution in [0.2, 0.25) is 0 Å². The summed E-state index contributed by atoms with van der Waals surface area (Å²) >= 11 is 0. The molecule has 33 heavy (non-hydrogen) atoms. The number of aromatic nitrogens is 3. The van der Waals surface area contributed by atoms with Crippen molar-refractivity contribution in [3.8, 4) is 22.9 Å². The minimum Gasteiger partial charge on any atom is -0.484 e. The van der Waals surface area contributed by atoms with Crippen molar-refractivity contribution in [1.82, 2.24) is 19.9 Å². The molecule has 3 heterocycles. The average Bonchev–Trinajstić information content (AvgIpc) is 3.21. The van der Waals surface area contributed by atoms with E-state index in [4.69, 9.17) is 9.47 Å². The summed E-state index contributed by atoms with van der Waals surface area (Å²) in [5.74, 6) is -0.366. The Morgan fingerprint density at radius 3 is 2.61 bits per heavy atom. The molecule has 0 aliphatic carbocycles. The van der Waals surface area contributed by atoms with Crippen molar-refractivity contribution in [2.75, 3.05) is 13.2 Å². The van der Waals surface area contributed by atoms with Gasteiger partial charge in [0.25, 0.3) is 5.91 Å². The number of fused-ring (bicyclic) bond motifs is 1. The van der Waals surface area contributed by atoms with Crippen molar-refractivity contribution in [3.05, 3.63) is 64.6 Å². The number of alkyl halides is 3. The first-order valence-electron chi connectivity index (χ1n) is 9.59. The maximum Gasteiger partial charge on any atom is 0.433 e. The molecule has 0 fully saturated rings. The molecular weight excluding hydrogens is 447 g/mol. The Bertz CT molecular complexity index is 1160. The van der Waals surface area contributed by atoms with Crippen LogP contribution in [-0.4, -0.2) is 44.6 Å². The highest BCUT2D eigenvalue weighted by atomic mass is 19.4. The van der Waals surface area contributed by atoms with E-state index in [0.717, 1.165) is 12.3 Å². The van der Waals surface area contributed by atoms with E-state index in [0.29, 0.717) is 16.9 Å². The van der Waals surface area contributed by atoms with Gasteiger partial charge in [0.1, 0.15) is 24.2 Å². The lowest BCUT2D eigenvalue weighted by Gasteiger charge is -2.23. The minimum absolute atomic E-state index is 0.107. The van der Waals surface area contributed by atoms with E-state index >= 15 is 0 Å². The van der Waals surface area contributed by atoms with Gasteiger partial charge in [-0.1, -0.05) is 18.2 Å². The number of nitrogens with one attached hydrogen (secondary N) is 1. The number of hydrogen-bond acceptors (Lipinski definition) is 7. The fourth-order valence-corrected chi connectivity index (χ4v) is 3.17. The summed E-state index contributed by atoms with van der Waals surface area (Å²) in [5.41, 5.74) is 0.171. The van der Waals surface area contributed by atoms with Crippen molar-refractivity contribution in [2.45, 2.75) is 18.8 Å². The smallest absolute Gasteiger partial charge is 0.433 e. The molecule has 13 heteroatoms. The SMILES string of the molecule is O=C(COc1ccc(-c2ccc(C(F)(F)F)nc2)cc1)N[C@@H]1COc2nc([N+](=O)[O-])cn2C1. The van der Waals surface area contributed by atoms with Crippen LogP contribution in [0.5, 0.6) is 11.8 Å². The highest BCUT2D eigenvalue weighted by Crippen LogP contribution is 2.29. The highest BCUT2D eigenvalue weighted by Gasteiger charge is 2.32. The molecule has 1 aliphatic rings. The third-order valence-electron chi connectivity index (χ3n) is 4.72. The van der Waals surface area contributed by atoms with Crippen LogP contribution in [0, 0.1) is 10.1 Å². The van der Waals surface area contributed by atoms with Gasteiger partial charge in [0.15, 0.2) is 6.61 Å². The quantitative estimate of drug-likeness (QED) is 0.441. The number of pyridine rings is 1. The van der Waals surface area contributed by atoms with Gasteiger partial charge in [-0.25, -0.2) is 0 Å². The van der Waals surface area contributed by atoms with E-state index in [2.05, 4.69) is 15.3 Å². The van der Waals surface area contributed by atoms with Crippen LogP contribution < -0.4 is 14.8 Å². The number of nitro groups is 1. The van der Waals surface area contributed by atoms with Crippen LogP contribution in [0.15, 0.2) is 48.8 Å². The molecule has 3 aromatic rings. The molecule has 10 nitrogen and oxygen atoms in total. The number of benzene rings is 1. The maximum atomic E-state index is 12.6. The Hall–Kier alpha value is -4.16. The third-order valence-corrected chi connectivity index (χ3v) is 4.72. The van der Waals surface area contributed by atoms with Gasteiger partial charge in [0.05, 0.1) is 12.6 Å². The maximum absolute atomic E-state index is 12.6. The summed E-state index contributed by atoms with van der Waals surface area (Å²) in [5, 5.41) is 13.5. The Morgan fingerprint density at radius 2 is 1.97 bits per heavy atom. The van der Waals surface area contributed by atoms with Gasteiger partial charge in [-0.05, 0) is 28.7 Å². The van der Waals surface area contributed by atoms with E-state index in [-0.39, 0.29) is 31.6 Å². The van der Waals surface area contributed by atoms with Gasteiger partial charge >= 0.3 is 18.0 Å². The molecule has 1 amide bonds. The van der Waals surface area contributed by atoms with Crippen molar-refractivity contribution in [3.63, 3.8) is 0 Å². The zero-order chi connectivity index (χ0) is 23.6. The minimum atomic E-state index is -4.50. The highest BCUT2D eigenvalue weighted by molar-refractivity contribution is 5.78. The zero-order valence-electron chi connectivity index (χ0n) is 16.8. The Kier molecular flexibility index (Phi) is 5.85. The Labute approximate surface area is 184 Å². The number of imidazole rings is 1. The van der Waals surface area contributed by atoms with Crippen molar-refractivity contribution >= 4 is 11.7 Å². The molecule has 1 atom stereocenters. The number of nitrogens with zero attached hydrogens (tertiary/aromatic N) is 4. The molecule has 0 saturated heterocycles. The molecule has 2 aromatic heterocycles. The molecular formula is C20H16F3N5O5. The number of rotatable bonds is 6. The standard InChI is InChI=1S/C20H16F3N5O5/c21-20(22,23)16-6-3-13(7-24-16)12-1-4-15(5-2-12)32-11-18(29)25-14-8-27-9-17(28(30)31)26-19(27)33-10-14/h1-7,9,14H,8,10-11H2,(H,25,29)/t14-/m0/s1. The van der Waals surface area contributed by atoms with Crippen LogP contribution in [0.4, 0.5) is 19.0 Å². The molecule has 4 rings (SSSR count). The summed E-state index contributed by atoms with van der Waals surface area (Å²) in [6.07, 6.45) is -2.13. The fourth-order valence-electron chi connectivity index (χ4n) is 3.17. The van der Waals surface area contributed by atoms with Crippen LogP contribution in [0.1, 0.15) is 5.69 Å². The average molecular weight is 463 g/mol. The molecule has 0 unspecified atom stereocenters. The number of ether oxygens (including phenoxy) is 2. The molecule has 1 aromatic carbocycles. The van der Waals surface area contributed by atoms with Crippen LogP contribution in [-0.2, 0) is 17.5 Å². The topological polar surface area (TPSA) is 121 Å². The lowest BCUT2D eigenvalue weighted by Crippen LogP contribution is -2.46. The second-order valence-corrected chi connectivity index (χ2v) is 7.11. The van der Waals surface area contributed by atoms with Gasteiger partial charge in [-0.3, -0.25) is 14.3 Å². The predicted molar refractivity (Wildman–Crippen MR) is 106 cm³/mol. The first kappa shape index (κ1) is 22.0. The van der Waals surface area contributed by atoms with Crippen molar-refractivity contribution in [2.24, 2.45) is 0 Å². The van der Waals surface area contributed by atoms with E-state index in [1.807, 2.05) is 0 Å². The summed E-state index contributed by atoms with van der Waals surface area (Å²) in [7, 11) is 0. The summed E-state index contributed by atoms with van der Waals surface area (Å²) in [4.78, 5) is 29.5. The lowest BCUT2D eigenvalue weighted by atomic mass is 10.1. The number of carbonyl (C=O) groups is 1. The number of halogens is 3. The van der Waals surface area contributed by atoms with E-state index in [1.165, 1.54) is 16.8 Å². The summed E-state index contributed by atoms with van der Waals surface area (Å²) in [6, 6.07) is 8.38.